The Morgan fingerprint density at radius 3 is 2.94 bits per heavy atom. The number of aromatic nitrogens is 1. The van der Waals surface area contributed by atoms with Crippen molar-refractivity contribution >= 4 is 23.6 Å². The number of aromatic amines is 1. The Morgan fingerprint density at radius 1 is 1.59 bits per heavy atom. The number of hydrogen-bond donors (Lipinski definition) is 3. The molecule has 0 bridgehead atoms. The Bertz CT molecular complexity index is 365. The van der Waals surface area contributed by atoms with Crippen LogP contribution in [-0.4, -0.2) is 34.8 Å². The standard InChI is InChI=1S/C11H17N3O2S/c1-8(5-12)6-17-7-10(15)14-11(16)9-3-2-4-13-9/h2-4,8,13H,5-7,12H2,1H3,(H,14,15,16). The van der Waals surface area contributed by atoms with Gasteiger partial charge in [0.15, 0.2) is 0 Å². The number of carbonyl (C=O) groups is 2. The van der Waals surface area contributed by atoms with Crippen molar-refractivity contribution in [3.63, 3.8) is 0 Å². The Kier molecular flexibility index (Phi) is 5.79. The van der Waals surface area contributed by atoms with Crippen LogP contribution in [0, 0.1) is 5.92 Å². The van der Waals surface area contributed by atoms with E-state index in [4.69, 9.17) is 5.73 Å². The van der Waals surface area contributed by atoms with Crippen LogP contribution < -0.4 is 11.1 Å². The fourth-order valence-electron chi connectivity index (χ4n) is 1.12. The zero-order valence-corrected chi connectivity index (χ0v) is 10.5. The predicted octanol–water partition coefficient (Wildman–Crippen LogP) is 0.599. The molecule has 1 heterocycles. The van der Waals surface area contributed by atoms with Gasteiger partial charge < -0.3 is 10.7 Å². The van der Waals surface area contributed by atoms with E-state index >= 15 is 0 Å². The van der Waals surface area contributed by atoms with Crippen molar-refractivity contribution in [2.24, 2.45) is 11.7 Å². The average molecular weight is 255 g/mol. The van der Waals surface area contributed by atoms with Crippen molar-refractivity contribution in [2.75, 3.05) is 18.1 Å². The zero-order valence-electron chi connectivity index (χ0n) is 9.73. The third-order valence-electron chi connectivity index (χ3n) is 2.13. The molecule has 17 heavy (non-hydrogen) atoms. The number of thioether (sulfide) groups is 1. The van der Waals surface area contributed by atoms with E-state index in [2.05, 4.69) is 10.3 Å². The van der Waals surface area contributed by atoms with Gasteiger partial charge in [-0.1, -0.05) is 6.92 Å². The summed E-state index contributed by atoms with van der Waals surface area (Å²) in [4.78, 5) is 25.6. The molecule has 5 nitrogen and oxygen atoms in total. The lowest BCUT2D eigenvalue weighted by atomic mass is 10.2. The van der Waals surface area contributed by atoms with Gasteiger partial charge in [-0.3, -0.25) is 14.9 Å². The topological polar surface area (TPSA) is 88.0 Å². The molecule has 0 spiro atoms. The highest BCUT2D eigenvalue weighted by molar-refractivity contribution is 7.99. The Balaban J connectivity index is 2.23. The van der Waals surface area contributed by atoms with E-state index in [-0.39, 0.29) is 11.7 Å². The van der Waals surface area contributed by atoms with Gasteiger partial charge in [0, 0.05) is 6.20 Å². The Hall–Kier alpha value is -1.27. The van der Waals surface area contributed by atoms with E-state index in [1.165, 1.54) is 11.8 Å². The van der Waals surface area contributed by atoms with E-state index in [1.807, 2.05) is 6.92 Å². The monoisotopic (exact) mass is 255 g/mol. The second kappa shape index (κ2) is 7.13. The molecule has 94 valence electrons. The molecule has 0 aliphatic heterocycles. The fourth-order valence-corrected chi connectivity index (χ4v) is 2.04. The minimum Gasteiger partial charge on any atom is -0.357 e. The van der Waals surface area contributed by atoms with Crippen LogP contribution in [0.3, 0.4) is 0 Å². The maximum Gasteiger partial charge on any atom is 0.274 e. The molecule has 1 aromatic heterocycles. The van der Waals surface area contributed by atoms with E-state index in [9.17, 15) is 9.59 Å². The summed E-state index contributed by atoms with van der Waals surface area (Å²) in [6.07, 6.45) is 1.64. The molecule has 0 saturated carbocycles. The lowest BCUT2D eigenvalue weighted by molar-refractivity contribution is -0.117. The van der Waals surface area contributed by atoms with Crippen molar-refractivity contribution in [1.82, 2.24) is 10.3 Å². The molecule has 0 aliphatic rings. The van der Waals surface area contributed by atoms with Crippen LogP contribution in [0.15, 0.2) is 18.3 Å². The summed E-state index contributed by atoms with van der Waals surface area (Å²) in [5.41, 5.74) is 5.85. The van der Waals surface area contributed by atoms with Crippen molar-refractivity contribution in [1.29, 1.82) is 0 Å². The van der Waals surface area contributed by atoms with E-state index < -0.39 is 5.91 Å². The molecule has 0 saturated heterocycles. The molecule has 0 aromatic carbocycles. The molecule has 1 aromatic rings. The normalized spacial score (nSPS) is 12.1. The molecule has 6 heteroatoms. The predicted molar refractivity (Wildman–Crippen MR) is 68.8 cm³/mol. The Labute approximate surface area is 105 Å². The molecule has 0 aliphatic carbocycles. The molecular weight excluding hydrogens is 238 g/mol. The second-order valence-electron chi connectivity index (χ2n) is 3.82. The van der Waals surface area contributed by atoms with Crippen LogP contribution in [0.2, 0.25) is 0 Å². The van der Waals surface area contributed by atoms with Gasteiger partial charge in [0.25, 0.3) is 5.91 Å². The number of amides is 2. The SMILES string of the molecule is CC(CN)CSCC(=O)NC(=O)c1ccc[nH]1. The molecule has 4 N–H and O–H groups in total. The van der Waals surface area contributed by atoms with Gasteiger partial charge in [0.1, 0.15) is 5.69 Å². The van der Waals surface area contributed by atoms with Crippen molar-refractivity contribution in [3.05, 3.63) is 24.0 Å². The van der Waals surface area contributed by atoms with Crippen molar-refractivity contribution in [2.45, 2.75) is 6.92 Å². The summed E-state index contributed by atoms with van der Waals surface area (Å²) in [6.45, 7) is 2.63. The smallest absolute Gasteiger partial charge is 0.274 e. The minimum absolute atomic E-state index is 0.275. The number of rotatable bonds is 6. The molecule has 1 atom stereocenters. The molecule has 2 amide bonds. The molecule has 1 unspecified atom stereocenters. The number of H-pyrrole nitrogens is 1. The van der Waals surface area contributed by atoms with Gasteiger partial charge in [-0.25, -0.2) is 0 Å². The number of nitrogens with two attached hydrogens (primary N) is 1. The maximum atomic E-state index is 11.5. The van der Waals surface area contributed by atoms with Crippen molar-refractivity contribution in [3.8, 4) is 0 Å². The summed E-state index contributed by atoms with van der Waals surface area (Å²) in [7, 11) is 0. The minimum atomic E-state index is -0.396. The van der Waals surface area contributed by atoms with Crippen LogP contribution in [0.4, 0.5) is 0 Å². The van der Waals surface area contributed by atoms with Gasteiger partial charge in [-0.05, 0) is 30.3 Å². The first-order valence-electron chi connectivity index (χ1n) is 5.39. The van der Waals surface area contributed by atoms with Gasteiger partial charge in [0.05, 0.1) is 5.75 Å². The van der Waals surface area contributed by atoms with Crippen LogP contribution >= 0.6 is 11.8 Å². The highest BCUT2D eigenvalue weighted by Gasteiger charge is 2.11. The van der Waals surface area contributed by atoms with Crippen LogP contribution in [0.5, 0.6) is 0 Å². The fraction of sp³-hybridized carbons (Fsp3) is 0.455. The van der Waals surface area contributed by atoms with Crippen LogP contribution in [-0.2, 0) is 4.79 Å². The molecule has 1 rings (SSSR count). The third kappa shape index (κ3) is 5.06. The Morgan fingerprint density at radius 2 is 2.35 bits per heavy atom. The lowest BCUT2D eigenvalue weighted by Crippen LogP contribution is -2.32. The first-order chi connectivity index (χ1) is 8.13. The van der Waals surface area contributed by atoms with Crippen LogP contribution in [0.25, 0.3) is 0 Å². The average Bonchev–Trinajstić information content (AvgIpc) is 2.82. The zero-order chi connectivity index (χ0) is 12.7. The van der Waals surface area contributed by atoms with E-state index in [0.717, 1.165) is 5.75 Å². The first-order valence-corrected chi connectivity index (χ1v) is 6.54. The summed E-state index contributed by atoms with van der Waals surface area (Å²) in [6, 6.07) is 3.32. The number of hydrogen-bond acceptors (Lipinski definition) is 4. The molecular formula is C11H17N3O2S. The second-order valence-corrected chi connectivity index (χ2v) is 4.85. The third-order valence-corrected chi connectivity index (χ3v) is 3.40. The summed E-state index contributed by atoms with van der Waals surface area (Å²) < 4.78 is 0. The number of carbonyl (C=O) groups excluding carboxylic acids is 2. The summed E-state index contributed by atoms with van der Waals surface area (Å²) >= 11 is 1.48. The highest BCUT2D eigenvalue weighted by Crippen LogP contribution is 2.06. The molecule has 0 radical (unpaired) electrons. The highest BCUT2D eigenvalue weighted by atomic mass is 32.2. The van der Waals surface area contributed by atoms with Gasteiger partial charge in [-0.15, -0.1) is 0 Å². The van der Waals surface area contributed by atoms with E-state index in [0.29, 0.717) is 18.2 Å². The summed E-state index contributed by atoms with van der Waals surface area (Å²) in [5, 5.41) is 2.31. The molecule has 0 fully saturated rings. The van der Waals surface area contributed by atoms with Crippen LogP contribution in [0.1, 0.15) is 17.4 Å². The maximum absolute atomic E-state index is 11.5. The van der Waals surface area contributed by atoms with Gasteiger partial charge in [-0.2, -0.15) is 11.8 Å². The van der Waals surface area contributed by atoms with Crippen molar-refractivity contribution < 1.29 is 9.59 Å². The quantitative estimate of drug-likeness (QED) is 0.694. The largest absolute Gasteiger partial charge is 0.357 e. The first kappa shape index (κ1) is 13.8. The van der Waals surface area contributed by atoms with Gasteiger partial charge in [0.2, 0.25) is 5.91 Å². The van der Waals surface area contributed by atoms with Gasteiger partial charge >= 0.3 is 0 Å². The number of imide groups is 1. The number of nitrogens with one attached hydrogen (secondary N) is 2. The van der Waals surface area contributed by atoms with E-state index in [1.54, 1.807) is 18.3 Å². The lowest BCUT2D eigenvalue weighted by Gasteiger charge is -2.07. The summed E-state index contributed by atoms with van der Waals surface area (Å²) in [5.74, 6) is 0.801.